The molecule has 0 aromatic rings. The molecule has 1 aliphatic rings. The third kappa shape index (κ3) is 3.08. The zero-order chi connectivity index (χ0) is 12.7. The van der Waals surface area contributed by atoms with E-state index in [1.165, 1.54) is 0 Å². The van der Waals surface area contributed by atoms with E-state index in [0.29, 0.717) is 6.54 Å². The quantitative estimate of drug-likeness (QED) is 0.783. The third-order valence-electron chi connectivity index (χ3n) is 2.54. The fraction of sp³-hybridized carbons (Fsp3) is 0.200. The molecule has 0 aromatic heterocycles. The number of hydrogen-bond acceptors (Lipinski definition) is 2. The summed E-state index contributed by atoms with van der Waals surface area (Å²) in [5.74, 6) is 0. The van der Waals surface area contributed by atoms with Gasteiger partial charge in [-0.1, -0.05) is 37.5 Å². The Kier molecular flexibility index (Phi) is 5.24. The van der Waals surface area contributed by atoms with Crippen LogP contribution in [0.3, 0.4) is 0 Å². The monoisotopic (exact) mass is 229 g/mol. The average Bonchev–Trinajstić information content (AvgIpc) is 2.36. The molecule has 0 aliphatic carbocycles. The van der Waals surface area contributed by atoms with Crippen molar-refractivity contribution >= 4 is 0 Å². The first kappa shape index (κ1) is 13.3. The minimum absolute atomic E-state index is 0.111. The van der Waals surface area contributed by atoms with Crippen molar-refractivity contribution in [1.29, 1.82) is 0 Å². The summed E-state index contributed by atoms with van der Waals surface area (Å²) < 4.78 is 0. The molecule has 1 heterocycles. The topological polar surface area (TPSA) is 23.5 Å². The number of β-amino-alcohol motifs (C(OH)–C–C–N with tert-alkyl or cyclic N) is 1. The molecule has 0 spiro atoms. The highest BCUT2D eigenvalue weighted by Crippen LogP contribution is 2.26. The molecule has 1 aliphatic heterocycles. The van der Waals surface area contributed by atoms with Crippen LogP contribution in [0.25, 0.3) is 0 Å². The van der Waals surface area contributed by atoms with Crippen LogP contribution in [0, 0.1) is 0 Å². The molecule has 0 bridgehead atoms. The van der Waals surface area contributed by atoms with Crippen LogP contribution in [0.5, 0.6) is 0 Å². The summed E-state index contributed by atoms with van der Waals surface area (Å²) in [7, 11) is 0. The lowest BCUT2D eigenvalue weighted by atomic mass is 9.99. The first-order valence-electron chi connectivity index (χ1n) is 5.66. The van der Waals surface area contributed by atoms with Gasteiger partial charge in [-0.05, 0) is 24.6 Å². The lowest BCUT2D eigenvalue weighted by molar-refractivity contribution is 0.258. The van der Waals surface area contributed by atoms with Crippen LogP contribution in [-0.4, -0.2) is 23.2 Å². The molecule has 17 heavy (non-hydrogen) atoms. The molecule has 0 atom stereocenters. The molecule has 0 amide bonds. The Morgan fingerprint density at radius 1 is 1.35 bits per heavy atom. The van der Waals surface area contributed by atoms with E-state index in [1.807, 2.05) is 48.4 Å². The van der Waals surface area contributed by atoms with Crippen molar-refractivity contribution in [2.24, 2.45) is 0 Å². The average molecular weight is 229 g/mol. The molecular formula is C15H19NO. The summed E-state index contributed by atoms with van der Waals surface area (Å²) in [4.78, 5) is 1.97. The zero-order valence-corrected chi connectivity index (χ0v) is 10.3. The van der Waals surface area contributed by atoms with Gasteiger partial charge in [0.2, 0.25) is 0 Å². The minimum Gasteiger partial charge on any atom is -0.395 e. The summed E-state index contributed by atoms with van der Waals surface area (Å²) in [6, 6.07) is 0. The van der Waals surface area contributed by atoms with Gasteiger partial charge in [0.05, 0.1) is 6.61 Å². The van der Waals surface area contributed by atoms with E-state index in [9.17, 15) is 0 Å². The van der Waals surface area contributed by atoms with Gasteiger partial charge in [0.15, 0.2) is 0 Å². The highest BCUT2D eigenvalue weighted by Gasteiger charge is 2.14. The second-order valence-electron chi connectivity index (χ2n) is 3.59. The van der Waals surface area contributed by atoms with Gasteiger partial charge in [-0.3, -0.25) is 0 Å². The second kappa shape index (κ2) is 6.71. The highest BCUT2D eigenvalue weighted by atomic mass is 16.3. The van der Waals surface area contributed by atoms with Gasteiger partial charge >= 0.3 is 0 Å². The molecule has 0 radical (unpaired) electrons. The largest absolute Gasteiger partial charge is 0.395 e. The van der Waals surface area contributed by atoms with Crippen molar-refractivity contribution in [3.05, 3.63) is 72.7 Å². The SMILES string of the molecule is C=CC1=C(C=C)N(CCO)C=C/C1=C/C=C/C. The molecular weight excluding hydrogens is 210 g/mol. The molecule has 0 aromatic carbocycles. The van der Waals surface area contributed by atoms with Gasteiger partial charge in [-0.2, -0.15) is 0 Å². The Balaban J connectivity index is 3.17. The van der Waals surface area contributed by atoms with Gasteiger partial charge in [-0.15, -0.1) is 0 Å². The van der Waals surface area contributed by atoms with Crippen LogP contribution in [0.15, 0.2) is 72.7 Å². The molecule has 0 saturated carbocycles. The maximum Gasteiger partial charge on any atom is 0.0610 e. The Morgan fingerprint density at radius 3 is 2.65 bits per heavy atom. The molecule has 1 N–H and O–H groups in total. The maximum atomic E-state index is 9.01. The van der Waals surface area contributed by atoms with Crippen molar-refractivity contribution in [3.8, 4) is 0 Å². The molecule has 0 unspecified atom stereocenters. The summed E-state index contributed by atoms with van der Waals surface area (Å²) in [5.41, 5.74) is 3.11. The fourth-order valence-electron chi connectivity index (χ4n) is 1.74. The van der Waals surface area contributed by atoms with Crippen molar-refractivity contribution in [1.82, 2.24) is 4.90 Å². The Morgan fingerprint density at radius 2 is 2.12 bits per heavy atom. The normalized spacial score (nSPS) is 18.2. The van der Waals surface area contributed by atoms with Crippen LogP contribution in [-0.2, 0) is 0 Å². The van der Waals surface area contributed by atoms with E-state index < -0.39 is 0 Å². The lowest BCUT2D eigenvalue weighted by Gasteiger charge is -2.27. The van der Waals surface area contributed by atoms with Crippen molar-refractivity contribution in [3.63, 3.8) is 0 Å². The molecule has 1 rings (SSSR count). The number of aliphatic hydroxyl groups is 1. The minimum atomic E-state index is 0.111. The predicted molar refractivity (Wildman–Crippen MR) is 73.2 cm³/mol. The standard InChI is InChI=1S/C15H19NO/c1-4-7-8-13-9-10-16(11-12-17)15(6-3)14(13)5-2/h4-10,17H,2-3,11-12H2,1H3/b7-4+,13-8-. The molecule has 0 fully saturated rings. The van der Waals surface area contributed by atoms with E-state index in [4.69, 9.17) is 5.11 Å². The van der Waals surface area contributed by atoms with Crippen molar-refractivity contribution < 1.29 is 5.11 Å². The van der Waals surface area contributed by atoms with Crippen molar-refractivity contribution in [2.75, 3.05) is 13.2 Å². The number of hydrogen-bond donors (Lipinski definition) is 1. The molecule has 90 valence electrons. The highest BCUT2D eigenvalue weighted by molar-refractivity contribution is 5.54. The first-order valence-corrected chi connectivity index (χ1v) is 5.66. The van der Waals surface area contributed by atoms with Crippen LogP contribution >= 0.6 is 0 Å². The second-order valence-corrected chi connectivity index (χ2v) is 3.59. The van der Waals surface area contributed by atoms with E-state index in [-0.39, 0.29) is 6.61 Å². The zero-order valence-electron chi connectivity index (χ0n) is 10.3. The molecule has 2 nitrogen and oxygen atoms in total. The summed E-state index contributed by atoms with van der Waals surface area (Å²) in [6.07, 6.45) is 13.6. The Hall–Kier alpha value is -1.80. The number of nitrogens with zero attached hydrogens (tertiary/aromatic N) is 1. The van der Waals surface area contributed by atoms with Gasteiger partial charge < -0.3 is 10.0 Å². The maximum absolute atomic E-state index is 9.01. The van der Waals surface area contributed by atoms with Crippen molar-refractivity contribution in [2.45, 2.75) is 6.92 Å². The predicted octanol–water partition coefficient (Wildman–Crippen LogP) is 2.94. The summed E-state index contributed by atoms with van der Waals surface area (Å²) >= 11 is 0. The van der Waals surface area contributed by atoms with Gasteiger partial charge in [0, 0.05) is 24.0 Å². The lowest BCUT2D eigenvalue weighted by Crippen LogP contribution is -2.23. The molecule has 0 saturated heterocycles. The van der Waals surface area contributed by atoms with E-state index in [0.717, 1.165) is 16.8 Å². The van der Waals surface area contributed by atoms with Gasteiger partial charge in [0.25, 0.3) is 0 Å². The van der Waals surface area contributed by atoms with Crippen LogP contribution in [0.4, 0.5) is 0 Å². The number of allylic oxidation sites excluding steroid dienone is 8. The van der Waals surface area contributed by atoms with Crippen LogP contribution in [0.1, 0.15) is 6.92 Å². The Bertz CT molecular complexity index is 411. The van der Waals surface area contributed by atoms with Crippen LogP contribution < -0.4 is 0 Å². The van der Waals surface area contributed by atoms with Crippen LogP contribution in [0.2, 0.25) is 0 Å². The van der Waals surface area contributed by atoms with E-state index >= 15 is 0 Å². The van der Waals surface area contributed by atoms with E-state index in [1.54, 1.807) is 6.08 Å². The first-order chi connectivity index (χ1) is 8.28. The van der Waals surface area contributed by atoms with Gasteiger partial charge in [0.1, 0.15) is 0 Å². The smallest absolute Gasteiger partial charge is 0.0610 e. The fourth-order valence-corrected chi connectivity index (χ4v) is 1.74. The number of rotatable bonds is 5. The number of aliphatic hydroxyl groups excluding tert-OH is 1. The molecule has 2 heteroatoms. The van der Waals surface area contributed by atoms with Gasteiger partial charge in [-0.25, -0.2) is 0 Å². The van der Waals surface area contributed by atoms with E-state index in [2.05, 4.69) is 13.2 Å². The third-order valence-corrected chi connectivity index (χ3v) is 2.54. The Labute approximate surface area is 103 Å². The summed E-state index contributed by atoms with van der Waals surface area (Å²) in [5, 5.41) is 9.01. The summed E-state index contributed by atoms with van der Waals surface area (Å²) in [6.45, 7) is 10.3.